The van der Waals surface area contributed by atoms with E-state index in [0.29, 0.717) is 6.04 Å². The number of hydrogen-bond donors (Lipinski definition) is 0. The van der Waals surface area contributed by atoms with Crippen LogP contribution in [-0.2, 0) is 0 Å². The molecule has 0 heterocycles. The predicted molar refractivity (Wildman–Crippen MR) is 74.4 cm³/mol. The summed E-state index contributed by atoms with van der Waals surface area (Å²) < 4.78 is 0. The third-order valence-corrected chi connectivity index (χ3v) is 3.39. The Kier molecular flexibility index (Phi) is 9.38. The van der Waals surface area contributed by atoms with E-state index in [1.165, 1.54) is 13.0 Å². The highest BCUT2D eigenvalue weighted by Gasteiger charge is 2.13. The quantitative estimate of drug-likeness (QED) is 0.579. The summed E-state index contributed by atoms with van der Waals surface area (Å²) in [6.07, 6.45) is 2.40. The van der Waals surface area contributed by atoms with Crippen molar-refractivity contribution in [2.45, 2.75) is 39.7 Å². The van der Waals surface area contributed by atoms with Gasteiger partial charge >= 0.3 is 0 Å². The lowest BCUT2D eigenvalue weighted by atomic mass is 10.0. The zero-order chi connectivity index (χ0) is 12.6. The van der Waals surface area contributed by atoms with Crippen LogP contribution in [0.1, 0.15) is 33.6 Å². The zero-order valence-corrected chi connectivity index (χ0v) is 12.4. The summed E-state index contributed by atoms with van der Waals surface area (Å²) in [5, 5.41) is 0. The fraction of sp³-hybridized carbons (Fsp3) is 1.00. The molecule has 0 aliphatic carbocycles. The lowest BCUT2D eigenvalue weighted by Crippen LogP contribution is -2.40. The van der Waals surface area contributed by atoms with Crippen molar-refractivity contribution < 1.29 is 0 Å². The van der Waals surface area contributed by atoms with Gasteiger partial charge in [0.1, 0.15) is 0 Å². The van der Waals surface area contributed by atoms with Gasteiger partial charge in [-0.1, -0.05) is 13.8 Å². The van der Waals surface area contributed by atoms with Gasteiger partial charge in [0.2, 0.25) is 0 Å². The lowest BCUT2D eigenvalue weighted by molar-refractivity contribution is 0.172. The van der Waals surface area contributed by atoms with Gasteiger partial charge < -0.3 is 4.90 Å². The van der Waals surface area contributed by atoms with Crippen LogP contribution < -0.4 is 0 Å². The van der Waals surface area contributed by atoms with Crippen molar-refractivity contribution in [3.05, 3.63) is 0 Å². The molecule has 0 rings (SSSR count). The van der Waals surface area contributed by atoms with Crippen molar-refractivity contribution >= 4 is 11.6 Å². The number of alkyl halides is 1. The first-order valence-corrected chi connectivity index (χ1v) is 6.99. The first kappa shape index (κ1) is 16.2. The van der Waals surface area contributed by atoms with Crippen LogP contribution in [-0.4, -0.2) is 55.5 Å². The predicted octanol–water partition coefficient (Wildman–Crippen LogP) is 2.91. The second kappa shape index (κ2) is 9.26. The third kappa shape index (κ3) is 7.48. The average Bonchev–Trinajstić information content (AvgIpc) is 2.17. The molecule has 0 saturated carbocycles. The van der Waals surface area contributed by atoms with Gasteiger partial charge in [-0.15, -0.1) is 11.6 Å². The van der Waals surface area contributed by atoms with Gasteiger partial charge in [0.05, 0.1) is 0 Å². The van der Waals surface area contributed by atoms with E-state index in [-0.39, 0.29) is 0 Å². The molecule has 2 atom stereocenters. The van der Waals surface area contributed by atoms with Gasteiger partial charge in [-0.05, 0) is 52.9 Å². The first-order valence-electron chi connectivity index (χ1n) is 6.46. The van der Waals surface area contributed by atoms with Crippen LogP contribution >= 0.6 is 11.6 Å². The van der Waals surface area contributed by atoms with Gasteiger partial charge in [0, 0.05) is 18.5 Å². The van der Waals surface area contributed by atoms with Crippen LogP contribution in [0.25, 0.3) is 0 Å². The number of rotatable bonds is 9. The third-order valence-electron chi connectivity index (χ3n) is 3.17. The zero-order valence-electron chi connectivity index (χ0n) is 11.7. The normalized spacial score (nSPS) is 15.8. The van der Waals surface area contributed by atoms with Gasteiger partial charge in [-0.25, -0.2) is 0 Å². The van der Waals surface area contributed by atoms with Gasteiger partial charge in [-0.2, -0.15) is 0 Å². The molecule has 0 fully saturated rings. The molecule has 2 unspecified atom stereocenters. The highest BCUT2D eigenvalue weighted by molar-refractivity contribution is 6.17. The molecular formula is C13H29ClN2. The van der Waals surface area contributed by atoms with E-state index in [9.17, 15) is 0 Å². The van der Waals surface area contributed by atoms with Crippen molar-refractivity contribution in [1.82, 2.24) is 9.80 Å². The van der Waals surface area contributed by atoms with Crippen LogP contribution in [0, 0.1) is 5.92 Å². The maximum atomic E-state index is 5.76. The molecule has 98 valence electrons. The molecule has 0 spiro atoms. The Balaban J connectivity index is 3.89. The van der Waals surface area contributed by atoms with Crippen molar-refractivity contribution in [2.75, 3.05) is 39.6 Å². The molecule has 0 aromatic rings. The molecule has 0 N–H and O–H groups in total. The van der Waals surface area contributed by atoms with Gasteiger partial charge in [0.25, 0.3) is 0 Å². The van der Waals surface area contributed by atoms with Crippen LogP contribution in [0.5, 0.6) is 0 Å². The number of nitrogens with zero attached hydrogens (tertiary/aromatic N) is 2. The summed E-state index contributed by atoms with van der Waals surface area (Å²) in [6, 6.07) is 0.642. The summed E-state index contributed by atoms with van der Waals surface area (Å²) in [7, 11) is 4.28. The Morgan fingerprint density at radius 1 is 1.12 bits per heavy atom. The fourth-order valence-electron chi connectivity index (χ4n) is 2.05. The molecule has 0 radical (unpaired) electrons. The van der Waals surface area contributed by atoms with E-state index in [1.807, 2.05) is 0 Å². The molecule has 0 amide bonds. The fourth-order valence-corrected chi connectivity index (χ4v) is 2.42. The molecule has 3 heteroatoms. The molecule has 0 aromatic heterocycles. The van der Waals surface area contributed by atoms with E-state index in [4.69, 9.17) is 11.6 Å². The van der Waals surface area contributed by atoms with Crippen molar-refractivity contribution in [3.63, 3.8) is 0 Å². The smallest absolute Gasteiger partial charge is 0.0225 e. The Bertz CT molecular complexity index is 162. The summed E-state index contributed by atoms with van der Waals surface area (Å²) >= 11 is 5.76. The molecule has 0 aromatic carbocycles. The summed E-state index contributed by atoms with van der Waals surface area (Å²) in [5.41, 5.74) is 0. The van der Waals surface area contributed by atoms with Gasteiger partial charge in [-0.3, -0.25) is 4.90 Å². The van der Waals surface area contributed by atoms with E-state index in [2.05, 4.69) is 44.7 Å². The second-order valence-corrected chi connectivity index (χ2v) is 5.49. The minimum Gasteiger partial charge on any atom is -0.308 e. The van der Waals surface area contributed by atoms with E-state index in [1.54, 1.807) is 0 Å². The summed E-state index contributed by atoms with van der Waals surface area (Å²) in [6.45, 7) is 10.3. The molecule has 0 saturated heterocycles. The molecule has 16 heavy (non-hydrogen) atoms. The second-order valence-electron chi connectivity index (χ2n) is 5.11. The van der Waals surface area contributed by atoms with E-state index < -0.39 is 0 Å². The molecule has 0 aliphatic heterocycles. The van der Waals surface area contributed by atoms with Gasteiger partial charge in [0.15, 0.2) is 0 Å². The maximum Gasteiger partial charge on any atom is 0.0225 e. The maximum absolute atomic E-state index is 5.76. The Labute approximate surface area is 107 Å². The van der Waals surface area contributed by atoms with E-state index in [0.717, 1.165) is 31.3 Å². The minimum absolute atomic E-state index is 0.642. The number of hydrogen-bond acceptors (Lipinski definition) is 2. The molecule has 0 bridgehead atoms. The van der Waals surface area contributed by atoms with Crippen molar-refractivity contribution in [1.29, 1.82) is 0 Å². The average molecular weight is 249 g/mol. The monoisotopic (exact) mass is 248 g/mol. The Hall–Kier alpha value is 0.210. The highest BCUT2D eigenvalue weighted by Crippen LogP contribution is 2.11. The summed E-state index contributed by atoms with van der Waals surface area (Å²) in [4.78, 5) is 4.82. The van der Waals surface area contributed by atoms with E-state index >= 15 is 0 Å². The molecule has 0 aliphatic rings. The largest absolute Gasteiger partial charge is 0.308 e. The Morgan fingerprint density at radius 3 is 2.19 bits per heavy atom. The first-order chi connectivity index (χ1) is 7.51. The van der Waals surface area contributed by atoms with Crippen LogP contribution in [0.3, 0.4) is 0 Å². The molecule has 2 nitrogen and oxygen atoms in total. The Morgan fingerprint density at radius 2 is 1.75 bits per heavy atom. The topological polar surface area (TPSA) is 6.48 Å². The van der Waals surface area contributed by atoms with Crippen molar-refractivity contribution in [3.8, 4) is 0 Å². The van der Waals surface area contributed by atoms with Crippen LogP contribution in [0.4, 0.5) is 0 Å². The lowest BCUT2D eigenvalue weighted by Gasteiger charge is -2.30. The standard InChI is InChI=1S/C13H29ClN2/c1-6-16(13(3)11-15(4)5)10-8-12(2)7-9-14/h12-13H,6-11H2,1-5H3. The van der Waals surface area contributed by atoms with Crippen LogP contribution in [0.15, 0.2) is 0 Å². The minimum atomic E-state index is 0.642. The molecular weight excluding hydrogens is 220 g/mol. The van der Waals surface area contributed by atoms with Crippen LogP contribution in [0.2, 0.25) is 0 Å². The van der Waals surface area contributed by atoms with Crippen molar-refractivity contribution in [2.24, 2.45) is 5.92 Å². The number of likely N-dealkylation sites (N-methyl/N-ethyl adjacent to an activating group) is 2. The SMILES string of the molecule is CCN(CCC(C)CCCl)C(C)CN(C)C. The summed E-state index contributed by atoms with van der Waals surface area (Å²) in [5.74, 6) is 1.54. The number of halogens is 1. The highest BCUT2D eigenvalue weighted by atomic mass is 35.5.